The summed E-state index contributed by atoms with van der Waals surface area (Å²) < 4.78 is 0. The summed E-state index contributed by atoms with van der Waals surface area (Å²) in [5.74, 6) is 1.00. The van der Waals surface area contributed by atoms with Crippen LogP contribution in [0.1, 0.15) is 6.92 Å². The Bertz CT molecular complexity index is 400. The third-order valence-corrected chi connectivity index (χ3v) is 3.22. The number of hydrogen-bond acceptors (Lipinski definition) is 6. The number of nitro groups is 1. The van der Waals surface area contributed by atoms with Crippen LogP contribution in [0.15, 0.2) is 12.1 Å². The summed E-state index contributed by atoms with van der Waals surface area (Å²) in [5.41, 5.74) is 0.0312. The second-order valence-electron chi connectivity index (χ2n) is 3.53. The summed E-state index contributed by atoms with van der Waals surface area (Å²) in [5, 5.41) is 17.1. The van der Waals surface area contributed by atoms with Crippen LogP contribution in [0.5, 0.6) is 0 Å². The smallest absolute Gasteiger partial charge is 0.276 e. The molecule has 0 bridgehead atoms. The van der Waals surface area contributed by atoms with Crippen LogP contribution in [-0.2, 0) is 0 Å². The zero-order valence-corrected chi connectivity index (χ0v) is 10.9. The van der Waals surface area contributed by atoms with Gasteiger partial charge in [-0.25, -0.2) is 4.98 Å². The number of pyridine rings is 1. The van der Waals surface area contributed by atoms with E-state index in [1.165, 1.54) is 12.1 Å². The first kappa shape index (κ1) is 13.6. The molecule has 0 aliphatic rings. The van der Waals surface area contributed by atoms with Gasteiger partial charge in [-0.15, -0.1) is 0 Å². The Hall–Kier alpha value is -1.50. The van der Waals surface area contributed by atoms with Gasteiger partial charge in [0.2, 0.25) is 0 Å². The first-order valence-electron chi connectivity index (χ1n) is 5.17. The molecule has 17 heavy (non-hydrogen) atoms. The minimum absolute atomic E-state index is 0.0312. The highest BCUT2D eigenvalue weighted by molar-refractivity contribution is 7.99. The maximum Gasteiger partial charge on any atom is 0.276 e. The van der Waals surface area contributed by atoms with E-state index in [0.29, 0.717) is 16.9 Å². The lowest BCUT2D eigenvalue weighted by molar-refractivity contribution is -0.384. The van der Waals surface area contributed by atoms with E-state index in [-0.39, 0.29) is 5.69 Å². The van der Waals surface area contributed by atoms with Crippen molar-refractivity contribution in [3.8, 4) is 0 Å². The van der Waals surface area contributed by atoms with E-state index in [4.69, 9.17) is 0 Å². The van der Waals surface area contributed by atoms with Crippen LogP contribution in [-0.4, -0.2) is 35.0 Å². The molecule has 0 radical (unpaired) electrons. The van der Waals surface area contributed by atoms with Crippen molar-refractivity contribution in [3.63, 3.8) is 0 Å². The van der Waals surface area contributed by atoms with Gasteiger partial charge in [-0.1, -0.05) is 6.92 Å². The zero-order chi connectivity index (χ0) is 12.8. The molecule has 1 unspecified atom stereocenters. The molecular weight excluding hydrogens is 240 g/mol. The third-order valence-electron chi connectivity index (χ3n) is 2.25. The molecule has 1 rings (SSSR count). The summed E-state index contributed by atoms with van der Waals surface area (Å²) in [6.07, 6.45) is 2.02. The van der Waals surface area contributed by atoms with E-state index in [2.05, 4.69) is 22.5 Å². The van der Waals surface area contributed by atoms with Crippen molar-refractivity contribution in [1.29, 1.82) is 0 Å². The molecule has 0 aliphatic heterocycles. The van der Waals surface area contributed by atoms with Gasteiger partial charge in [-0.05, 0) is 6.26 Å². The Morgan fingerprint density at radius 1 is 1.53 bits per heavy atom. The van der Waals surface area contributed by atoms with Crippen LogP contribution < -0.4 is 10.6 Å². The number of aromatic nitrogens is 1. The number of anilines is 2. The molecule has 94 valence electrons. The van der Waals surface area contributed by atoms with E-state index in [9.17, 15) is 10.1 Å². The summed E-state index contributed by atoms with van der Waals surface area (Å²) in [4.78, 5) is 14.5. The lowest BCUT2D eigenvalue weighted by Gasteiger charge is -2.11. The fourth-order valence-corrected chi connectivity index (χ4v) is 1.42. The molecule has 7 heteroatoms. The van der Waals surface area contributed by atoms with Gasteiger partial charge in [0.1, 0.15) is 11.6 Å². The Morgan fingerprint density at radius 3 is 2.71 bits per heavy atom. The van der Waals surface area contributed by atoms with Gasteiger partial charge >= 0.3 is 0 Å². The first-order chi connectivity index (χ1) is 8.06. The molecule has 0 amide bonds. The van der Waals surface area contributed by atoms with Crippen molar-refractivity contribution in [1.82, 2.24) is 4.98 Å². The molecule has 0 fully saturated rings. The highest BCUT2D eigenvalue weighted by Crippen LogP contribution is 2.20. The molecule has 1 aromatic rings. The molecular formula is C10H16N4O2S. The van der Waals surface area contributed by atoms with Crippen molar-refractivity contribution in [2.24, 2.45) is 0 Å². The van der Waals surface area contributed by atoms with Crippen LogP contribution in [0.3, 0.4) is 0 Å². The highest BCUT2D eigenvalue weighted by atomic mass is 32.2. The molecule has 0 saturated carbocycles. The normalized spacial score (nSPS) is 11.9. The lowest BCUT2D eigenvalue weighted by atomic mass is 10.3. The Morgan fingerprint density at radius 2 is 2.18 bits per heavy atom. The Balaban J connectivity index is 2.83. The monoisotopic (exact) mass is 256 g/mol. The maximum atomic E-state index is 10.7. The second-order valence-corrected chi connectivity index (χ2v) is 4.81. The number of nitrogens with zero attached hydrogens (tertiary/aromatic N) is 2. The summed E-state index contributed by atoms with van der Waals surface area (Å²) in [7, 11) is 1.68. The molecule has 1 heterocycles. The van der Waals surface area contributed by atoms with Crippen LogP contribution in [0.25, 0.3) is 0 Å². The maximum absolute atomic E-state index is 10.7. The zero-order valence-electron chi connectivity index (χ0n) is 10.1. The van der Waals surface area contributed by atoms with Gasteiger partial charge in [0, 0.05) is 18.8 Å². The standard InChI is InChI=1S/C10H16N4O2S/c1-7(17-3)6-12-10-5-8(14(15)16)4-9(11-2)13-10/h4-5,7H,6H2,1-3H3,(H2,11,12,13). The summed E-state index contributed by atoms with van der Waals surface area (Å²) in [6.45, 7) is 2.80. The molecule has 0 saturated heterocycles. The van der Waals surface area contributed by atoms with E-state index in [1.54, 1.807) is 18.8 Å². The topological polar surface area (TPSA) is 80.1 Å². The van der Waals surface area contributed by atoms with E-state index >= 15 is 0 Å². The Labute approximate surface area is 104 Å². The molecule has 1 aromatic heterocycles. The predicted molar refractivity (Wildman–Crippen MR) is 71.9 cm³/mol. The quantitative estimate of drug-likeness (QED) is 0.600. The third kappa shape index (κ3) is 4.10. The predicted octanol–water partition coefficient (Wildman–Crippen LogP) is 2.19. The van der Waals surface area contributed by atoms with E-state index in [0.717, 1.165) is 6.54 Å². The second kappa shape index (κ2) is 6.29. The molecule has 6 nitrogen and oxygen atoms in total. The highest BCUT2D eigenvalue weighted by Gasteiger charge is 2.10. The van der Waals surface area contributed by atoms with Gasteiger partial charge in [0.25, 0.3) is 5.69 Å². The van der Waals surface area contributed by atoms with E-state index in [1.807, 2.05) is 6.26 Å². The molecule has 2 N–H and O–H groups in total. The Kier molecular flexibility index (Phi) is 5.02. The lowest BCUT2D eigenvalue weighted by Crippen LogP contribution is -2.14. The van der Waals surface area contributed by atoms with Gasteiger partial charge in [-0.2, -0.15) is 11.8 Å². The number of hydrogen-bond donors (Lipinski definition) is 2. The fraction of sp³-hybridized carbons (Fsp3) is 0.500. The fourth-order valence-electron chi connectivity index (χ4n) is 1.17. The molecule has 1 atom stereocenters. The van der Waals surface area contributed by atoms with Crippen LogP contribution in [0, 0.1) is 10.1 Å². The average Bonchev–Trinajstić information content (AvgIpc) is 2.35. The van der Waals surface area contributed by atoms with Gasteiger partial charge < -0.3 is 10.6 Å². The van der Waals surface area contributed by atoms with Gasteiger partial charge in [-0.3, -0.25) is 10.1 Å². The van der Waals surface area contributed by atoms with Crippen LogP contribution >= 0.6 is 11.8 Å². The van der Waals surface area contributed by atoms with Crippen molar-refractivity contribution in [3.05, 3.63) is 22.2 Å². The van der Waals surface area contributed by atoms with Crippen molar-refractivity contribution in [2.75, 3.05) is 30.5 Å². The summed E-state index contributed by atoms with van der Waals surface area (Å²) >= 11 is 1.72. The first-order valence-corrected chi connectivity index (χ1v) is 6.46. The van der Waals surface area contributed by atoms with Crippen LogP contribution in [0.2, 0.25) is 0 Å². The van der Waals surface area contributed by atoms with Crippen molar-refractivity contribution >= 4 is 29.1 Å². The largest absolute Gasteiger partial charge is 0.373 e. The molecule has 0 aromatic carbocycles. The van der Waals surface area contributed by atoms with E-state index < -0.39 is 4.92 Å². The summed E-state index contributed by atoms with van der Waals surface area (Å²) in [6, 6.07) is 2.84. The average molecular weight is 256 g/mol. The molecule has 0 spiro atoms. The number of thioether (sulfide) groups is 1. The number of rotatable bonds is 6. The SMILES string of the molecule is CNc1cc([N+](=O)[O-])cc(NCC(C)SC)n1. The number of nitrogens with one attached hydrogen (secondary N) is 2. The van der Waals surface area contributed by atoms with Crippen molar-refractivity contribution in [2.45, 2.75) is 12.2 Å². The van der Waals surface area contributed by atoms with Gasteiger partial charge in [0.15, 0.2) is 0 Å². The van der Waals surface area contributed by atoms with Crippen molar-refractivity contribution < 1.29 is 4.92 Å². The molecule has 0 aliphatic carbocycles. The van der Waals surface area contributed by atoms with Gasteiger partial charge in [0.05, 0.1) is 17.1 Å². The minimum Gasteiger partial charge on any atom is -0.373 e. The minimum atomic E-state index is -0.425. The van der Waals surface area contributed by atoms with Crippen LogP contribution in [0.4, 0.5) is 17.3 Å².